The predicted octanol–water partition coefficient (Wildman–Crippen LogP) is 3.28. The molecule has 80 valence electrons. The third-order valence-corrected chi connectivity index (χ3v) is 3.30. The van der Waals surface area contributed by atoms with Gasteiger partial charge in [-0.1, -0.05) is 34.5 Å². The van der Waals surface area contributed by atoms with Crippen molar-refractivity contribution in [3.63, 3.8) is 0 Å². The van der Waals surface area contributed by atoms with Crippen molar-refractivity contribution in [2.24, 2.45) is 0 Å². The van der Waals surface area contributed by atoms with E-state index < -0.39 is 0 Å². The van der Waals surface area contributed by atoms with Crippen molar-refractivity contribution >= 4 is 39.0 Å². The van der Waals surface area contributed by atoms with Gasteiger partial charge in [0.15, 0.2) is 0 Å². The molecule has 0 N–H and O–H groups in total. The fourth-order valence-electron chi connectivity index (χ4n) is 1.97. The van der Waals surface area contributed by atoms with Gasteiger partial charge in [0.05, 0.1) is 0 Å². The smallest absolute Gasteiger partial charge is 1.00 e. The van der Waals surface area contributed by atoms with Gasteiger partial charge in [-0.15, -0.1) is 0 Å². The average Bonchev–Trinajstić information content (AvgIpc) is 2.23. The summed E-state index contributed by atoms with van der Waals surface area (Å²) in [4.78, 5) is 2.55. The molecule has 1 heterocycles. The second kappa shape index (κ2) is 6.89. The van der Waals surface area contributed by atoms with E-state index in [2.05, 4.69) is 45.1 Å². The van der Waals surface area contributed by atoms with Crippen molar-refractivity contribution in [2.75, 3.05) is 13.1 Å². The van der Waals surface area contributed by atoms with Crippen LogP contribution in [0.3, 0.4) is 0 Å². The monoisotopic (exact) mass is 279 g/mol. The summed E-state index contributed by atoms with van der Waals surface area (Å²) in [5.74, 6) is 0. The molecule has 1 fully saturated rings. The second-order valence-electron chi connectivity index (χ2n) is 3.96. The van der Waals surface area contributed by atoms with Crippen molar-refractivity contribution in [2.45, 2.75) is 25.8 Å². The Labute approximate surface area is 119 Å². The number of hydrogen-bond donors (Lipinski definition) is 0. The second-order valence-corrected chi connectivity index (χ2v) is 4.88. The molecular weight excluding hydrogens is 262 g/mol. The van der Waals surface area contributed by atoms with Gasteiger partial charge < -0.3 is 2.85 Å². The van der Waals surface area contributed by atoms with Crippen LogP contribution in [0.25, 0.3) is 0 Å². The maximum Gasteiger partial charge on any atom is 2.00 e. The number of nitrogens with zero attached hydrogens (tertiary/aromatic N) is 1. The van der Waals surface area contributed by atoms with Gasteiger partial charge in [-0.3, -0.25) is 4.90 Å². The van der Waals surface area contributed by atoms with Crippen LogP contribution in [-0.2, 0) is 6.54 Å². The Morgan fingerprint density at radius 1 is 1.07 bits per heavy atom. The first-order valence-corrected chi connectivity index (χ1v) is 6.11. The fraction of sp³-hybridized carbons (Fsp3) is 0.500. The molecule has 2 rings (SSSR count). The molecule has 15 heavy (non-hydrogen) atoms. The van der Waals surface area contributed by atoms with Gasteiger partial charge in [0.25, 0.3) is 0 Å². The maximum atomic E-state index is 3.46. The summed E-state index contributed by atoms with van der Waals surface area (Å²) < 4.78 is 1.17. The minimum absolute atomic E-state index is 0. The zero-order chi connectivity index (χ0) is 9.80. The first-order chi connectivity index (χ1) is 6.84. The quantitative estimate of drug-likeness (QED) is 0.752. The first kappa shape index (κ1) is 13.5. The van der Waals surface area contributed by atoms with Gasteiger partial charge >= 0.3 is 23.1 Å². The molecule has 0 unspecified atom stereocenters. The average molecular weight is 280 g/mol. The Balaban J connectivity index is 0. The number of halogens is 1. The van der Waals surface area contributed by atoms with Crippen molar-refractivity contribution in [1.29, 1.82) is 0 Å². The van der Waals surface area contributed by atoms with Crippen LogP contribution in [0.5, 0.6) is 0 Å². The molecule has 0 aromatic heterocycles. The summed E-state index contributed by atoms with van der Waals surface area (Å²) in [7, 11) is 0. The zero-order valence-corrected chi connectivity index (χ0v) is 12.1. The van der Waals surface area contributed by atoms with Crippen molar-refractivity contribution in [1.82, 2.24) is 4.90 Å². The molecule has 1 aromatic rings. The Hall–Kier alpha value is 0.426. The number of hydrogen-bond acceptors (Lipinski definition) is 1. The van der Waals surface area contributed by atoms with E-state index in [9.17, 15) is 0 Å². The molecule has 1 aliphatic rings. The Morgan fingerprint density at radius 3 is 2.27 bits per heavy atom. The summed E-state index contributed by atoms with van der Waals surface area (Å²) >= 11 is 3.46. The third-order valence-electron chi connectivity index (χ3n) is 2.77. The summed E-state index contributed by atoms with van der Waals surface area (Å²) in [6.45, 7) is 3.67. The standard InChI is InChI=1S/C12H16BrN.Mg.2H/c13-12-6-4-11(5-7-12)10-14-8-2-1-3-9-14;;;/h4-7H,1-3,8-10H2;;;/q;+2;2*-1. The number of likely N-dealkylation sites (tertiary alicyclic amines) is 1. The first-order valence-electron chi connectivity index (χ1n) is 5.31. The number of benzene rings is 1. The van der Waals surface area contributed by atoms with Crippen molar-refractivity contribution < 1.29 is 2.85 Å². The SMILES string of the molecule is Brc1ccc(CN2CCCCC2)cc1.[H-].[H-].[Mg+2]. The third kappa shape index (κ3) is 4.43. The fourth-order valence-corrected chi connectivity index (χ4v) is 2.23. The van der Waals surface area contributed by atoms with Crippen LogP contribution in [0.1, 0.15) is 27.7 Å². The van der Waals surface area contributed by atoms with E-state index in [0.29, 0.717) is 0 Å². The molecule has 1 saturated heterocycles. The van der Waals surface area contributed by atoms with Gasteiger partial charge in [0.2, 0.25) is 0 Å². The number of piperidine rings is 1. The summed E-state index contributed by atoms with van der Waals surface area (Å²) in [5.41, 5.74) is 1.43. The largest absolute Gasteiger partial charge is 2.00 e. The van der Waals surface area contributed by atoms with E-state index in [1.807, 2.05) is 0 Å². The van der Waals surface area contributed by atoms with Crippen LogP contribution < -0.4 is 0 Å². The molecular formula is C12H18BrMgN. The van der Waals surface area contributed by atoms with E-state index in [0.717, 1.165) is 6.54 Å². The summed E-state index contributed by atoms with van der Waals surface area (Å²) in [6, 6.07) is 8.66. The Morgan fingerprint density at radius 2 is 1.67 bits per heavy atom. The van der Waals surface area contributed by atoms with Crippen LogP contribution in [-0.4, -0.2) is 41.0 Å². The molecule has 0 spiro atoms. The van der Waals surface area contributed by atoms with E-state index >= 15 is 0 Å². The van der Waals surface area contributed by atoms with Crippen LogP contribution in [0.2, 0.25) is 0 Å². The Bertz CT molecular complexity index is 289. The topological polar surface area (TPSA) is 3.24 Å². The molecule has 0 radical (unpaired) electrons. The maximum absolute atomic E-state index is 3.46. The van der Waals surface area contributed by atoms with Crippen LogP contribution in [0, 0.1) is 0 Å². The van der Waals surface area contributed by atoms with Crippen LogP contribution in [0.4, 0.5) is 0 Å². The number of rotatable bonds is 2. The van der Waals surface area contributed by atoms with Gasteiger partial charge in [0, 0.05) is 11.0 Å². The minimum atomic E-state index is 0. The molecule has 1 nitrogen and oxygen atoms in total. The predicted molar refractivity (Wildman–Crippen MR) is 71.2 cm³/mol. The van der Waals surface area contributed by atoms with Crippen LogP contribution >= 0.6 is 15.9 Å². The summed E-state index contributed by atoms with van der Waals surface area (Å²) in [5, 5.41) is 0. The van der Waals surface area contributed by atoms with Gasteiger partial charge in [-0.25, -0.2) is 0 Å². The van der Waals surface area contributed by atoms with Gasteiger partial charge in [-0.2, -0.15) is 0 Å². The normalized spacial score (nSPS) is 17.1. The molecule has 0 bridgehead atoms. The van der Waals surface area contributed by atoms with E-state index in [1.54, 1.807) is 0 Å². The zero-order valence-electron chi connectivity index (χ0n) is 11.1. The van der Waals surface area contributed by atoms with E-state index in [4.69, 9.17) is 0 Å². The molecule has 0 atom stereocenters. The molecule has 1 aromatic carbocycles. The van der Waals surface area contributed by atoms with E-state index in [-0.39, 0.29) is 25.9 Å². The van der Waals surface area contributed by atoms with Gasteiger partial charge in [-0.05, 0) is 43.6 Å². The van der Waals surface area contributed by atoms with Crippen molar-refractivity contribution in [3.8, 4) is 0 Å². The molecule has 1 aliphatic heterocycles. The Kier molecular flexibility index (Phi) is 6.20. The van der Waals surface area contributed by atoms with Crippen LogP contribution in [0.15, 0.2) is 28.7 Å². The van der Waals surface area contributed by atoms with Gasteiger partial charge in [0.1, 0.15) is 0 Å². The minimum Gasteiger partial charge on any atom is -1.00 e. The molecule has 0 amide bonds. The molecule has 0 aliphatic carbocycles. The molecule has 3 heteroatoms. The van der Waals surface area contributed by atoms with E-state index in [1.165, 1.54) is 42.4 Å². The summed E-state index contributed by atoms with van der Waals surface area (Å²) in [6.07, 6.45) is 4.16. The molecule has 0 saturated carbocycles. The van der Waals surface area contributed by atoms with Crippen molar-refractivity contribution in [3.05, 3.63) is 34.3 Å².